The number of rotatable bonds is 23. The molecular weight excluding hydrogens is 618 g/mol. The van der Waals surface area contributed by atoms with Gasteiger partial charge in [-0.15, -0.1) is 0 Å². The zero-order valence-corrected chi connectivity index (χ0v) is 28.5. The summed E-state index contributed by atoms with van der Waals surface area (Å²) in [5.74, 6) is -2.73. The quantitative estimate of drug-likeness (QED) is 0.0596. The number of carboxylic acids is 1. The van der Waals surface area contributed by atoms with Gasteiger partial charge in [0, 0.05) is 0 Å². The van der Waals surface area contributed by atoms with Crippen molar-refractivity contribution in [3.8, 4) is 0 Å². The first kappa shape index (κ1) is 41.4. The van der Waals surface area contributed by atoms with Crippen molar-refractivity contribution in [1.29, 1.82) is 0 Å². The molecule has 5 N–H and O–H groups in total. The Labute approximate surface area is 278 Å². The maximum Gasteiger partial charge on any atom is 0.308 e. The van der Waals surface area contributed by atoms with Crippen molar-refractivity contribution in [2.45, 2.75) is 185 Å². The molecule has 2 heterocycles. The first-order valence-corrected chi connectivity index (χ1v) is 17.5. The average Bonchev–Trinajstić information content (AvgIpc) is 3.01. The third-order valence-electron chi connectivity index (χ3n) is 9.01. The molecule has 14 heteroatoms. The van der Waals surface area contributed by atoms with Gasteiger partial charge in [0.15, 0.2) is 12.6 Å². The van der Waals surface area contributed by atoms with Crippen LogP contribution in [-0.4, -0.2) is 112 Å². The molecule has 0 saturated carbocycles. The van der Waals surface area contributed by atoms with Crippen LogP contribution in [0, 0.1) is 10.8 Å². The van der Waals surface area contributed by atoms with Gasteiger partial charge >= 0.3 is 11.9 Å². The van der Waals surface area contributed by atoms with Gasteiger partial charge in [-0.05, 0) is 33.1 Å². The summed E-state index contributed by atoms with van der Waals surface area (Å²) in [7, 11) is 0. The van der Waals surface area contributed by atoms with E-state index >= 15 is 0 Å². The van der Waals surface area contributed by atoms with Crippen LogP contribution in [0.5, 0.6) is 0 Å². The minimum absolute atomic E-state index is 0.199. The molecule has 0 bridgehead atoms. The molecule has 0 aromatic rings. The largest absolute Gasteiger partial charge is 0.481 e. The number of hydrogen-bond acceptors (Lipinski definition) is 13. The number of hydrogen-bond donors (Lipinski definition) is 5. The zero-order valence-electron chi connectivity index (χ0n) is 28.5. The molecule has 0 aromatic heterocycles. The fraction of sp³-hybridized carbons (Fsp3) is 0.939. The number of aliphatic hydroxyl groups excluding tert-OH is 4. The van der Waals surface area contributed by atoms with E-state index in [0.29, 0.717) is 12.8 Å². The lowest BCUT2D eigenvalue weighted by atomic mass is 9.91. The van der Waals surface area contributed by atoms with E-state index in [-0.39, 0.29) is 12.8 Å². The van der Waals surface area contributed by atoms with E-state index in [1.54, 1.807) is 6.92 Å². The van der Waals surface area contributed by atoms with Crippen LogP contribution in [0.4, 0.5) is 0 Å². The Morgan fingerprint density at radius 1 is 0.723 bits per heavy atom. The minimum atomic E-state index is -1.57. The second-order valence-corrected chi connectivity index (χ2v) is 13.0. The lowest BCUT2D eigenvalue weighted by Gasteiger charge is -2.46. The van der Waals surface area contributed by atoms with Crippen molar-refractivity contribution in [1.82, 2.24) is 0 Å². The molecule has 0 radical (unpaired) electrons. The third kappa shape index (κ3) is 13.9. The number of aliphatic carboxylic acids is 1. The fourth-order valence-electron chi connectivity index (χ4n) is 6.10. The highest BCUT2D eigenvalue weighted by Crippen LogP contribution is 2.33. The summed E-state index contributed by atoms with van der Waals surface area (Å²) in [5.41, 5.74) is 0. The normalized spacial score (nSPS) is 32.4. The molecule has 12 unspecified atom stereocenters. The number of carbonyl (C=O) groups is 2. The fourth-order valence-corrected chi connectivity index (χ4v) is 6.10. The summed E-state index contributed by atoms with van der Waals surface area (Å²) in [6, 6.07) is 0. The van der Waals surface area contributed by atoms with Crippen LogP contribution < -0.4 is 0 Å². The van der Waals surface area contributed by atoms with E-state index in [9.17, 15) is 40.0 Å². The topological polar surface area (TPSA) is 211 Å². The third-order valence-corrected chi connectivity index (χ3v) is 9.01. The van der Waals surface area contributed by atoms with E-state index in [2.05, 4.69) is 19.0 Å². The summed E-state index contributed by atoms with van der Waals surface area (Å²) in [5, 5.41) is 55.2. The van der Waals surface area contributed by atoms with E-state index in [1.165, 1.54) is 6.92 Å². The predicted molar refractivity (Wildman–Crippen MR) is 170 cm³/mol. The zero-order chi connectivity index (χ0) is 34.9. The maximum absolute atomic E-state index is 13.1. The van der Waals surface area contributed by atoms with Gasteiger partial charge in [-0.25, -0.2) is 0 Å². The van der Waals surface area contributed by atoms with Crippen LogP contribution >= 0.6 is 0 Å². The van der Waals surface area contributed by atoms with Gasteiger partial charge in [-0.2, -0.15) is 4.91 Å². The van der Waals surface area contributed by atoms with Crippen LogP contribution in [0.15, 0.2) is 5.18 Å². The highest BCUT2D eigenvalue weighted by molar-refractivity contribution is 5.72. The van der Waals surface area contributed by atoms with Gasteiger partial charge in [-0.1, -0.05) is 76.8 Å². The van der Waals surface area contributed by atoms with Gasteiger partial charge in [0.1, 0.15) is 30.5 Å². The molecule has 0 spiro atoms. The van der Waals surface area contributed by atoms with Crippen molar-refractivity contribution in [3.63, 3.8) is 0 Å². The van der Waals surface area contributed by atoms with Gasteiger partial charge in [0.2, 0.25) is 0 Å². The molecule has 2 fully saturated rings. The number of carboxylic acid groups (broad SMARTS) is 1. The predicted octanol–water partition coefficient (Wildman–Crippen LogP) is 3.57. The Morgan fingerprint density at radius 3 is 1.85 bits per heavy atom. The van der Waals surface area contributed by atoms with Crippen LogP contribution in [0.2, 0.25) is 0 Å². The minimum Gasteiger partial charge on any atom is -0.481 e. The summed E-state index contributed by atoms with van der Waals surface area (Å²) in [6.07, 6.45) is -2.88. The van der Waals surface area contributed by atoms with Crippen molar-refractivity contribution in [3.05, 3.63) is 4.91 Å². The van der Waals surface area contributed by atoms with Gasteiger partial charge in [-0.3, -0.25) is 9.59 Å². The van der Waals surface area contributed by atoms with Crippen LogP contribution in [0.3, 0.4) is 0 Å². The first-order valence-electron chi connectivity index (χ1n) is 17.5. The number of esters is 1. The molecule has 0 aliphatic carbocycles. The highest BCUT2D eigenvalue weighted by Gasteiger charge is 2.50. The Hall–Kier alpha value is -1.78. The van der Waals surface area contributed by atoms with E-state index in [4.69, 9.17) is 23.7 Å². The molecule has 2 aliphatic heterocycles. The van der Waals surface area contributed by atoms with Gasteiger partial charge in [0.25, 0.3) is 0 Å². The molecule has 0 amide bonds. The van der Waals surface area contributed by atoms with Crippen molar-refractivity contribution < 1.29 is 58.8 Å². The van der Waals surface area contributed by atoms with Crippen molar-refractivity contribution in [2.75, 3.05) is 6.54 Å². The maximum atomic E-state index is 13.1. The van der Waals surface area contributed by atoms with E-state index < -0.39 is 91.9 Å². The Kier molecular flexibility index (Phi) is 19.4. The SMILES string of the molecule is CCCCCCCC(CC(=O)O)OC(=O)CC(CCCCCCC)OC1OC(C)C(O)C(OC2OC(C)C(O)C(O)C2CN=O)C1O. The summed E-state index contributed by atoms with van der Waals surface area (Å²) in [4.78, 5) is 35.7. The Morgan fingerprint density at radius 2 is 1.28 bits per heavy atom. The van der Waals surface area contributed by atoms with E-state index in [1.807, 2.05) is 0 Å². The number of ether oxygens (including phenoxy) is 5. The number of nitrogens with zero attached hydrogens (tertiary/aromatic N) is 1. The lowest BCUT2D eigenvalue weighted by molar-refractivity contribution is -0.351. The van der Waals surface area contributed by atoms with Crippen molar-refractivity contribution in [2.24, 2.45) is 11.1 Å². The molecule has 2 saturated heterocycles. The molecule has 2 aliphatic rings. The summed E-state index contributed by atoms with van der Waals surface area (Å²) in [6.45, 7) is 6.84. The smallest absolute Gasteiger partial charge is 0.308 e. The van der Waals surface area contributed by atoms with Crippen molar-refractivity contribution >= 4 is 11.9 Å². The molecular formula is C33H59NO13. The first-order chi connectivity index (χ1) is 22.4. The molecule has 14 nitrogen and oxygen atoms in total. The molecule has 274 valence electrons. The standard InChI is InChI=1S/C33H59NO13/c1-5-7-9-11-13-15-22(17-25(35)36)45-26(37)18-23(16-14-12-10-8-6-2)46-33-30(41)31(28(39)21(4)44-33)47-32-24(19-34-42)29(40)27(38)20(3)43-32/h20-24,27-33,38-41H,5-19H2,1-4H3,(H,35,36). The second-order valence-electron chi connectivity index (χ2n) is 13.0. The summed E-state index contributed by atoms with van der Waals surface area (Å²) < 4.78 is 29.2. The second kappa shape index (κ2) is 22.0. The van der Waals surface area contributed by atoms with Crippen LogP contribution in [0.1, 0.15) is 118 Å². The summed E-state index contributed by atoms with van der Waals surface area (Å²) >= 11 is 0. The number of unbranched alkanes of at least 4 members (excludes halogenated alkanes) is 8. The molecule has 2 rings (SSSR count). The van der Waals surface area contributed by atoms with Crippen LogP contribution in [0.25, 0.3) is 0 Å². The van der Waals surface area contributed by atoms with Gasteiger partial charge in [0.05, 0.1) is 49.7 Å². The number of carbonyl (C=O) groups excluding carboxylic acids is 1. The van der Waals surface area contributed by atoms with Crippen LogP contribution in [-0.2, 0) is 33.3 Å². The monoisotopic (exact) mass is 677 g/mol. The Balaban J connectivity index is 2.15. The molecule has 12 atom stereocenters. The Bertz CT molecular complexity index is 910. The lowest BCUT2D eigenvalue weighted by Crippen LogP contribution is -2.62. The molecule has 47 heavy (non-hydrogen) atoms. The number of nitroso groups, excluding NO2 is 1. The molecule has 0 aromatic carbocycles. The highest BCUT2D eigenvalue weighted by atomic mass is 16.7. The van der Waals surface area contributed by atoms with Gasteiger partial charge < -0.3 is 49.2 Å². The van der Waals surface area contributed by atoms with E-state index in [0.717, 1.165) is 64.2 Å². The number of aliphatic hydroxyl groups is 4. The average molecular weight is 678 g/mol.